The molecule has 1 aliphatic carbocycles. The SMILES string of the molecule is CCCC(CC)c1ccc(N2c3ccc(C)cc3B3c4ccc(N(c5ccc(-c6ccccc6)cc5)c5ccc(C6CC=CCC6)cc5)cc4N(c4ccccc4)c4cccc2c43)cc1. The monoisotopic (exact) mass is 841 g/mol. The maximum atomic E-state index is 2.52. The molecule has 0 spiro atoms. The van der Waals surface area contributed by atoms with Gasteiger partial charge in [0.15, 0.2) is 0 Å². The van der Waals surface area contributed by atoms with E-state index in [0.717, 1.165) is 42.0 Å². The van der Waals surface area contributed by atoms with Crippen LogP contribution >= 0.6 is 0 Å². The van der Waals surface area contributed by atoms with E-state index in [9.17, 15) is 0 Å². The lowest BCUT2D eigenvalue weighted by atomic mass is 9.33. The maximum Gasteiger partial charge on any atom is 0.252 e. The molecule has 0 N–H and O–H groups in total. The molecule has 0 radical (unpaired) electrons. The summed E-state index contributed by atoms with van der Waals surface area (Å²) in [6.45, 7) is 6.90. The molecule has 0 saturated heterocycles. The lowest BCUT2D eigenvalue weighted by Crippen LogP contribution is -2.61. The number of benzene rings is 8. The summed E-state index contributed by atoms with van der Waals surface area (Å²) in [6.07, 6.45) is 11.7. The summed E-state index contributed by atoms with van der Waals surface area (Å²) in [5, 5.41) is 0. The molecule has 65 heavy (non-hydrogen) atoms. The zero-order chi connectivity index (χ0) is 43.9. The molecule has 0 amide bonds. The number of para-hydroxylation sites is 1. The van der Waals surface area contributed by atoms with Crippen LogP contribution in [0.1, 0.15) is 80.9 Å². The van der Waals surface area contributed by atoms with Gasteiger partial charge in [-0.1, -0.05) is 147 Å². The zero-order valence-corrected chi connectivity index (χ0v) is 37.9. The van der Waals surface area contributed by atoms with E-state index in [1.165, 1.54) is 91.9 Å². The van der Waals surface area contributed by atoms with Gasteiger partial charge in [-0.05, 0) is 168 Å². The fourth-order valence-corrected chi connectivity index (χ4v) is 11.0. The molecule has 8 aromatic rings. The first-order valence-corrected chi connectivity index (χ1v) is 23.9. The van der Waals surface area contributed by atoms with Gasteiger partial charge in [-0.2, -0.15) is 0 Å². The maximum absolute atomic E-state index is 2.52. The average Bonchev–Trinajstić information content (AvgIpc) is 3.37. The predicted molar refractivity (Wildman–Crippen MR) is 279 cm³/mol. The predicted octanol–water partition coefficient (Wildman–Crippen LogP) is 15.3. The minimum absolute atomic E-state index is 0.0482. The first-order chi connectivity index (χ1) is 32.1. The highest BCUT2D eigenvalue weighted by Crippen LogP contribution is 2.46. The van der Waals surface area contributed by atoms with Crippen LogP contribution in [0.5, 0.6) is 0 Å². The van der Waals surface area contributed by atoms with Crippen LogP contribution in [0.2, 0.25) is 0 Å². The van der Waals surface area contributed by atoms with E-state index in [1.54, 1.807) is 0 Å². The molecule has 2 aliphatic heterocycles. The van der Waals surface area contributed by atoms with E-state index in [0.29, 0.717) is 11.8 Å². The van der Waals surface area contributed by atoms with E-state index < -0.39 is 0 Å². The van der Waals surface area contributed by atoms with Crippen molar-refractivity contribution in [2.45, 2.75) is 71.1 Å². The molecule has 2 atom stereocenters. The normalized spacial score (nSPS) is 15.2. The van der Waals surface area contributed by atoms with Gasteiger partial charge >= 0.3 is 0 Å². The molecule has 3 nitrogen and oxygen atoms in total. The molecule has 11 rings (SSSR count). The minimum atomic E-state index is 0.0482. The summed E-state index contributed by atoms with van der Waals surface area (Å²) < 4.78 is 0. The standard InChI is InChI=1S/C61H56BN3/c1-4-16-44(5-2)47-26-36-53(37-27-47)64-57-40-25-43(3)41-56(57)62-55-39-38-54(42-60(55)65(50-21-13-8-14-22-50)59-24-15-23-58(64)61(59)62)63(51-32-28-48(29-33-51)45-17-9-6-10-18-45)52-34-30-49(31-35-52)46-19-11-7-12-20-46/h6-11,13-15,17-18,21-42,44,46H,4-5,12,16,19-20H2,1-3H3. The Morgan fingerprint density at radius 1 is 0.554 bits per heavy atom. The molecule has 0 aromatic heterocycles. The summed E-state index contributed by atoms with van der Waals surface area (Å²) in [7, 11) is 0. The van der Waals surface area contributed by atoms with Gasteiger partial charge in [-0.15, -0.1) is 0 Å². The van der Waals surface area contributed by atoms with Crippen molar-refractivity contribution < 1.29 is 0 Å². The van der Waals surface area contributed by atoms with Crippen LogP contribution < -0.4 is 31.1 Å². The first-order valence-electron chi connectivity index (χ1n) is 23.9. The molecule has 8 aromatic carbocycles. The number of rotatable bonds is 11. The van der Waals surface area contributed by atoms with Gasteiger partial charge in [-0.3, -0.25) is 0 Å². The Bertz CT molecular complexity index is 2980. The number of hydrogen-bond donors (Lipinski definition) is 0. The third-order valence-corrected chi connectivity index (χ3v) is 14.3. The van der Waals surface area contributed by atoms with Crippen molar-refractivity contribution in [2.24, 2.45) is 0 Å². The van der Waals surface area contributed by atoms with Crippen molar-refractivity contribution in [3.05, 3.63) is 217 Å². The van der Waals surface area contributed by atoms with E-state index in [1.807, 2.05) is 0 Å². The fourth-order valence-electron chi connectivity index (χ4n) is 11.0. The van der Waals surface area contributed by atoms with Gasteiger partial charge in [0.05, 0.1) is 0 Å². The molecule has 0 fully saturated rings. The smallest absolute Gasteiger partial charge is 0.252 e. The van der Waals surface area contributed by atoms with E-state index in [4.69, 9.17) is 0 Å². The highest BCUT2D eigenvalue weighted by Gasteiger charge is 2.43. The van der Waals surface area contributed by atoms with Crippen molar-refractivity contribution >= 4 is 74.3 Å². The van der Waals surface area contributed by atoms with Crippen LogP contribution in [0.15, 0.2) is 200 Å². The summed E-state index contributed by atoms with van der Waals surface area (Å²) in [5.74, 6) is 1.15. The number of aryl methyl sites for hydroxylation is 1. The first kappa shape index (κ1) is 40.7. The molecule has 318 valence electrons. The number of nitrogens with zero attached hydrogens (tertiary/aromatic N) is 3. The third-order valence-electron chi connectivity index (χ3n) is 14.3. The number of allylic oxidation sites excluding steroid dienone is 2. The van der Waals surface area contributed by atoms with E-state index in [2.05, 4.69) is 236 Å². The van der Waals surface area contributed by atoms with Gasteiger partial charge in [0, 0.05) is 51.2 Å². The van der Waals surface area contributed by atoms with Crippen LogP contribution in [0.4, 0.5) is 51.2 Å². The Morgan fingerprint density at radius 3 is 1.88 bits per heavy atom. The molecular weight excluding hydrogens is 786 g/mol. The minimum Gasteiger partial charge on any atom is -0.311 e. The lowest BCUT2D eigenvalue weighted by molar-refractivity contribution is 0.596. The largest absolute Gasteiger partial charge is 0.311 e. The second-order valence-corrected chi connectivity index (χ2v) is 18.3. The van der Waals surface area contributed by atoms with Crippen molar-refractivity contribution in [1.29, 1.82) is 0 Å². The Kier molecular flexibility index (Phi) is 11.0. The number of hydrogen-bond acceptors (Lipinski definition) is 3. The Morgan fingerprint density at radius 2 is 1.20 bits per heavy atom. The van der Waals surface area contributed by atoms with E-state index >= 15 is 0 Å². The molecule has 0 bridgehead atoms. The van der Waals surface area contributed by atoms with Gasteiger partial charge < -0.3 is 14.7 Å². The molecule has 4 heteroatoms. The second kappa shape index (κ2) is 17.5. The van der Waals surface area contributed by atoms with Crippen LogP contribution in [0.3, 0.4) is 0 Å². The second-order valence-electron chi connectivity index (χ2n) is 18.3. The van der Waals surface area contributed by atoms with E-state index in [-0.39, 0.29) is 6.71 Å². The summed E-state index contributed by atoms with van der Waals surface area (Å²) in [4.78, 5) is 7.48. The lowest BCUT2D eigenvalue weighted by Gasteiger charge is -2.44. The van der Waals surface area contributed by atoms with Crippen LogP contribution in [-0.2, 0) is 0 Å². The van der Waals surface area contributed by atoms with Crippen LogP contribution in [0, 0.1) is 6.92 Å². The molecular formula is C61H56BN3. The average molecular weight is 842 g/mol. The number of anilines is 9. The third kappa shape index (κ3) is 7.45. The summed E-state index contributed by atoms with van der Waals surface area (Å²) in [6, 6.07) is 70.9. The highest BCUT2D eigenvalue weighted by atomic mass is 15.2. The molecule has 2 unspecified atom stereocenters. The van der Waals surface area contributed by atoms with Crippen LogP contribution in [-0.4, -0.2) is 6.71 Å². The topological polar surface area (TPSA) is 9.72 Å². The van der Waals surface area contributed by atoms with Gasteiger partial charge in [0.1, 0.15) is 0 Å². The van der Waals surface area contributed by atoms with Crippen molar-refractivity contribution in [2.75, 3.05) is 14.7 Å². The van der Waals surface area contributed by atoms with Crippen molar-refractivity contribution in [1.82, 2.24) is 0 Å². The molecule has 0 saturated carbocycles. The van der Waals surface area contributed by atoms with Crippen molar-refractivity contribution in [3.63, 3.8) is 0 Å². The molecule has 2 heterocycles. The van der Waals surface area contributed by atoms with Crippen LogP contribution in [0.25, 0.3) is 11.1 Å². The van der Waals surface area contributed by atoms with Gasteiger partial charge in [-0.25, -0.2) is 0 Å². The molecule has 3 aliphatic rings. The Labute approximate surface area is 386 Å². The van der Waals surface area contributed by atoms with Crippen molar-refractivity contribution in [3.8, 4) is 11.1 Å². The number of fused-ring (bicyclic) bond motifs is 4. The fraction of sp³-hybridized carbons (Fsp3) is 0.180. The zero-order valence-electron chi connectivity index (χ0n) is 37.9. The Balaban J connectivity index is 1.08. The van der Waals surface area contributed by atoms with Gasteiger partial charge in [0.25, 0.3) is 6.71 Å². The van der Waals surface area contributed by atoms with Gasteiger partial charge in [0.2, 0.25) is 0 Å². The summed E-state index contributed by atoms with van der Waals surface area (Å²) in [5.41, 5.74) is 21.2. The quantitative estimate of drug-likeness (QED) is 0.0949. The Hall–Kier alpha value is -7.04. The summed E-state index contributed by atoms with van der Waals surface area (Å²) >= 11 is 0. The highest BCUT2D eigenvalue weighted by molar-refractivity contribution is 7.00.